The Bertz CT molecular complexity index is 451. The molecule has 28 heavy (non-hydrogen) atoms. The minimum atomic E-state index is 0.408. The summed E-state index contributed by atoms with van der Waals surface area (Å²) in [6, 6.07) is 0. The van der Waals surface area contributed by atoms with Crippen LogP contribution >= 0.6 is 23.1 Å². The molecular formula is C24H44NOS2+. The molecular weight excluding hydrogens is 382 g/mol. The number of thiazole rings is 1. The third-order valence-corrected chi connectivity index (χ3v) is 7.75. The van der Waals surface area contributed by atoms with Crippen molar-refractivity contribution in [1.29, 1.82) is 0 Å². The Morgan fingerprint density at radius 2 is 1.39 bits per heavy atom. The van der Waals surface area contributed by atoms with E-state index in [1.54, 1.807) is 11.3 Å². The Morgan fingerprint density at radius 3 is 1.93 bits per heavy atom. The lowest BCUT2D eigenvalue weighted by atomic mass is 10.0. The molecule has 0 radical (unpaired) electrons. The van der Waals surface area contributed by atoms with Crippen LogP contribution in [-0.4, -0.2) is 17.3 Å². The summed E-state index contributed by atoms with van der Waals surface area (Å²) in [5, 5.41) is 2.13. The molecule has 0 bridgehead atoms. The van der Waals surface area contributed by atoms with Crippen molar-refractivity contribution in [2.75, 3.05) is 5.75 Å². The molecule has 2 rings (SSSR count). The molecule has 1 aliphatic rings. The highest BCUT2D eigenvalue weighted by Crippen LogP contribution is 2.29. The molecule has 4 heteroatoms. The van der Waals surface area contributed by atoms with Gasteiger partial charge in [-0.2, -0.15) is 4.57 Å². The van der Waals surface area contributed by atoms with Gasteiger partial charge < -0.3 is 4.74 Å². The summed E-state index contributed by atoms with van der Waals surface area (Å²) < 4.78 is 8.46. The minimum absolute atomic E-state index is 0.408. The minimum Gasteiger partial charge on any atom is -0.357 e. The zero-order valence-corrected chi connectivity index (χ0v) is 19.9. The van der Waals surface area contributed by atoms with Gasteiger partial charge in [0, 0.05) is 5.75 Å². The Balaban J connectivity index is 1.29. The highest BCUT2D eigenvalue weighted by Gasteiger charge is 2.28. The van der Waals surface area contributed by atoms with E-state index in [0.717, 1.165) is 12.3 Å². The van der Waals surface area contributed by atoms with Gasteiger partial charge in [0.15, 0.2) is 12.7 Å². The average Bonchev–Trinajstić information content (AvgIpc) is 3.37. The fourth-order valence-electron chi connectivity index (χ4n) is 4.04. The summed E-state index contributed by atoms with van der Waals surface area (Å²) in [7, 11) is 0. The molecule has 0 amide bonds. The first-order valence-electron chi connectivity index (χ1n) is 12.1. The molecule has 0 spiro atoms. The topological polar surface area (TPSA) is 13.1 Å². The number of thioether (sulfide) groups is 1. The summed E-state index contributed by atoms with van der Waals surface area (Å²) >= 11 is 3.78. The fraction of sp³-hybridized carbons (Fsp3) is 0.875. The van der Waals surface area contributed by atoms with Crippen LogP contribution in [0.4, 0.5) is 0 Å². The standard InChI is InChI=1S/C24H44NOS2/c1-2-3-4-5-6-7-8-9-10-11-12-13-14-15-16-17-24-26-23(21-28-24)20-25-18-19-27-22-25/h18-19,22-24H,2-17,20-21H2,1H3/q+1. The first kappa shape index (κ1) is 24.2. The molecule has 2 unspecified atom stereocenters. The van der Waals surface area contributed by atoms with E-state index in [2.05, 4.69) is 28.6 Å². The van der Waals surface area contributed by atoms with Gasteiger partial charge in [-0.05, 0) is 12.8 Å². The lowest BCUT2D eigenvalue weighted by molar-refractivity contribution is -0.698. The third-order valence-electron chi connectivity index (χ3n) is 5.80. The van der Waals surface area contributed by atoms with E-state index in [9.17, 15) is 0 Å². The monoisotopic (exact) mass is 426 g/mol. The van der Waals surface area contributed by atoms with Gasteiger partial charge in [0.2, 0.25) is 5.51 Å². The van der Waals surface area contributed by atoms with Crippen molar-refractivity contribution in [3.63, 3.8) is 0 Å². The fourth-order valence-corrected chi connectivity index (χ4v) is 5.83. The first-order chi connectivity index (χ1) is 13.9. The summed E-state index contributed by atoms with van der Waals surface area (Å²) in [5.74, 6) is 1.16. The van der Waals surface area contributed by atoms with Crippen LogP contribution in [0.2, 0.25) is 0 Å². The number of hydrogen-bond acceptors (Lipinski definition) is 3. The molecule has 2 heterocycles. The van der Waals surface area contributed by atoms with Gasteiger partial charge in [-0.1, -0.05) is 108 Å². The molecule has 1 aliphatic heterocycles. The van der Waals surface area contributed by atoms with Crippen molar-refractivity contribution in [1.82, 2.24) is 0 Å². The number of rotatable bonds is 18. The molecule has 1 aromatic rings. The summed E-state index contributed by atoms with van der Waals surface area (Å²) in [6.45, 7) is 3.32. The third kappa shape index (κ3) is 11.8. The van der Waals surface area contributed by atoms with Crippen molar-refractivity contribution < 1.29 is 9.30 Å². The van der Waals surface area contributed by atoms with Gasteiger partial charge in [-0.3, -0.25) is 0 Å². The maximum Gasteiger partial charge on any atom is 0.224 e. The van der Waals surface area contributed by atoms with Gasteiger partial charge in [-0.15, -0.1) is 11.8 Å². The molecule has 2 nitrogen and oxygen atoms in total. The van der Waals surface area contributed by atoms with Gasteiger partial charge in [0.25, 0.3) is 0 Å². The Labute approximate surface area is 182 Å². The molecule has 1 saturated heterocycles. The van der Waals surface area contributed by atoms with Gasteiger partial charge in [0.05, 0.1) is 5.38 Å². The number of nitrogens with zero attached hydrogens (tertiary/aromatic N) is 1. The Kier molecular flexibility index (Phi) is 14.4. The molecule has 0 aliphatic carbocycles. The van der Waals surface area contributed by atoms with Crippen LogP contribution < -0.4 is 4.57 Å². The molecule has 1 fully saturated rings. The van der Waals surface area contributed by atoms with E-state index in [-0.39, 0.29) is 0 Å². The second kappa shape index (κ2) is 16.7. The molecule has 2 atom stereocenters. The van der Waals surface area contributed by atoms with Crippen molar-refractivity contribution in [3.05, 3.63) is 17.1 Å². The van der Waals surface area contributed by atoms with Crippen LogP contribution in [0.3, 0.4) is 0 Å². The van der Waals surface area contributed by atoms with E-state index in [0.29, 0.717) is 11.5 Å². The SMILES string of the molecule is CCCCCCCCCCCCCCCCCC1OC(C[n+]2ccsc2)CS1. The zero-order valence-electron chi connectivity index (χ0n) is 18.3. The highest BCUT2D eigenvalue weighted by molar-refractivity contribution is 8.00. The first-order valence-corrected chi connectivity index (χ1v) is 14.1. The average molecular weight is 427 g/mol. The van der Waals surface area contributed by atoms with Gasteiger partial charge >= 0.3 is 0 Å². The largest absolute Gasteiger partial charge is 0.357 e. The molecule has 0 N–H and O–H groups in total. The smallest absolute Gasteiger partial charge is 0.224 e. The van der Waals surface area contributed by atoms with Crippen LogP contribution in [0, 0.1) is 0 Å². The second-order valence-corrected chi connectivity index (χ2v) is 10.4. The van der Waals surface area contributed by atoms with Crippen molar-refractivity contribution in [2.45, 2.75) is 128 Å². The van der Waals surface area contributed by atoms with E-state index in [1.165, 1.54) is 103 Å². The maximum atomic E-state index is 6.20. The van der Waals surface area contributed by atoms with Crippen molar-refractivity contribution in [3.8, 4) is 0 Å². The predicted octanol–water partition coefficient (Wildman–Crippen LogP) is 7.76. The van der Waals surface area contributed by atoms with Crippen molar-refractivity contribution >= 4 is 23.1 Å². The Hall–Kier alpha value is -0.0600. The zero-order chi connectivity index (χ0) is 19.7. The molecule has 0 saturated carbocycles. The second-order valence-electron chi connectivity index (χ2n) is 8.48. The van der Waals surface area contributed by atoms with Crippen LogP contribution in [0.1, 0.15) is 110 Å². The summed E-state index contributed by atoms with van der Waals surface area (Å²) in [4.78, 5) is 0. The van der Waals surface area contributed by atoms with E-state index in [4.69, 9.17) is 4.74 Å². The molecule has 162 valence electrons. The number of hydrogen-bond donors (Lipinski definition) is 0. The highest BCUT2D eigenvalue weighted by atomic mass is 32.2. The van der Waals surface area contributed by atoms with Crippen molar-refractivity contribution in [2.24, 2.45) is 0 Å². The van der Waals surface area contributed by atoms with E-state index >= 15 is 0 Å². The predicted molar refractivity (Wildman–Crippen MR) is 125 cm³/mol. The van der Waals surface area contributed by atoms with Gasteiger partial charge in [-0.25, -0.2) is 0 Å². The van der Waals surface area contributed by atoms with E-state index < -0.39 is 0 Å². The van der Waals surface area contributed by atoms with Crippen LogP contribution in [0.5, 0.6) is 0 Å². The van der Waals surface area contributed by atoms with E-state index in [1.807, 2.05) is 11.8 Å². The molecule has 1 aromatic heterocycles. The summed E-state index contributed by atoms with van der Waals surface area (Å²) in [5.41, 5.74) is 2.63. The maximum absolute atomic E-state index is 6.20. The van der Waals surface area contributed by atoms with Gasteiger partial charge in [0.1, 0.15) is 11.5 Å². The lowest BCUT2D eigenvalue weighted by Gasteiger charge is -2.10. The summed E-state index contributed by atoms with van der Waals surface area (Å²) in [6.07, 6.45) is 25.4. The molecule has 0 aromatic carbocycles. The Morgan fingerprint density at radius 1 is 0.821 bits per heavy atom. The van der Waals surface area contributed by atoms with Crippen LogP contribution in [0.25, 0.3) is 0 Å². The normalized spacial score (nSPS) is 19.5. The number of ether oxygens (including phenoxy) is 1. The quantitative estimate of drug-likeness (QED) is 0.176. The lowest BCUT2D eigenvalue weighted by Crippen LogP contribution is -2.38. The van der Waals surface area contributed by atoms with Crippen LogP contribution in [-0.2, 0) is 11.3 Å². The number of aromatic nitrogens is 1. The number of unbranched alkanes of at least 4 members (excludes halogenated alkanes) is 14. The van der Waals surface area contributed by atoms with Crippen LogP contribution in [0.15, 0.2) is 17.1 Å².